The maximum atomic E-state index is 9.82. The summed E-state index contributed by atoms with van der Waals surface area (Å²) >= 11 is 3.24. The number of hydrogen-bond donors (Lipinski definition) is 5. The molecule has 19 heavy (non-hydrogen) atoms. The summed E-state index contributed by atoms with van der Waals surface area (Å²) < 4.78 is 6.09. The van der Waals surface area contributed by atoms with Gasteiger partial charge in [0, 0.05) is 10.7 Å². The minimum absolute atomic E-state index is 0.438. The molecule has 5 N–H and O–H groups in total. The van der Waals surface area contributed by atoms with E-state index in [1.54, 1.807) is 18.3 Å². The molecule has 106 valence electrons. The van der Waals surface area contributed by atoms with E-state index >= 15 is 0 Å². The lowest BCUT2D eigenvalue weighted by molar-refractivity contribution is -0.221. The number of rotatable bonds is 3. The van der Waals surface area contributed by atoms with Gasteiger partial charge in [0.1, 0.15) is 30.2 Å². The molecule has 0 saturated carbocycles. The second kappa shape index (κ2) is 6.12. The van der Waals surface area contributed by atoms with Crippen LogP contribution in [0.2, 0.25) is 0 Å². The predicted molar refractivity (Wildman–Crippen MR) is 69.3 cm³/mol. The Bertz CT molecular complexity index is 416. The number of pyridine rings is 1. The van der Waals surface area contributed by atoms with Crippen molar-refractivity contribution in [2.75, 3.05) is 11.9 Å². The van der Waals surface area contributed by atoms with Gasteiger partial charge in [-0.3, -0.25) is 0 Å². The molecule has 1 aliphatic heterocycles. The zero-order chi connectivity index (χ0) is 14.0. The molecule has 1 saturated heterocycles. The van der Waals surface area contributed by atoms with E-state index in [9.17, 15) is 15.3 Å². The number of aliphatic hydroxyl groups excluding tert-OH is 4. The minimum atomic E-state index is -1.40. The van der Waals surface area contributed by atoms with Gasteiger partial charge in [0.15, 0.2) is 6.23 Å². The first kappa shape index (κ1) is 14.6. The molecule has 0 bridgehead atoms. The molecule has 7 nitrogen and oxygen atoms in total. The summed E-state index contributed by atoms with van der Waals surface area (Å²) in [5, 5.41) is 40.9. The van der Waals surface area contributed by atoms with E-state index in [1.165, 1.54) is 0 Å². The maximum absolute atomic E-state index is 9.82. The van der Waals surface area contributed by atoms with Crippen LogP contribution in [0.3, 0.4) is 0 Å². The smallest absolute Gasteiger partial charge is 0.158 e. The summed E-state index contributed by atoms with van der Waals surface area (Å²) in [6.07, 6.45) is -4.44. The topological polar surface area (TPSA) is 115 Å². The molecule has 8 heteroatoms. The third-order valence-corrected chi connectivity index (χ3v) is 3.38. The Morgan fingerprint density at radius 1 is 1.21 bits per heavy atom. The van der Waals surface area contributed by atoms with E-state index in [0.717, 1.165) is 4.47 Å². The number of anilines is 1. The molecule has 2 heterocycles. The summed E-state index contributed by atoms with van der Waals surface area (Å²) in [5.74, 6) is 0.438. The Morgan fingerprint density at radius 2 is 1.95 bits per heavy atom. The van der Waals surface area contributed by atoms with Crippen molar-refractivity contribution in [1.82, 2.24) is 4.98 Å². The van der Waals surface area contributed by atoms with Crippen LogP contribution in [0.25, 0.3) is 0 Å². The lowest BCUT2D eigenvalue weighted by Gasteiger charge is -2.40. The SMILES string of the molecule is OC[C@@H]1O[C@H](Nc2ccc(Br)cn2)[C@H](O)[C@H](O)[C@@H]1O. The quantitative estimate of drug-likeness (QED) is 0.484. The predicted octanol–water partition coefficient (Wildman–Crippen LogP) is -0.944. The Hall–Kier alpha value is -0.770. The van der Waals surface area contributed by atoms with Crippen LogP contribution in [0.15, 0.2) is 22.8 Å². The highest BCUT2D eigenvalue weighted by molar-refractivity contribution is 9.10. The first-order valence-electron chi connectivity index (χ1n) is 5.71. The molecule has 0 amide bonds. The molecular weight excluding hydrogens is 320 g/mol. The second-order valence-corrected chi connectivity index (χ2v) is 5.17. The molecule has 0 unspecified atom stereocenters. The van der Waals surface area contributed by atoms with Crippen molar-refractivity contribution in [1.29, 1.82) is 0 Å². The first-order valence-corrected chi connectivity index (χ1v) is 6.51. The number of nitrogens with zero attached hydrogens (tertiary/aromatic N) is 1. The van der Waals surface area contributed by atoms with Crippen LogP contribution in [0, 0.1) is 0 Å². The molecule has 1 fully saturated rings. The molecule has 0 spiro atoms. The van der Waals surface area contributed by atoms with Gasteiger partial charge in [-0.15, -0.1) is 0 Å². The lowest BCUT2D eigenvalue weighted by Crippen LogP contribution is -2.60. The summed E-state index contributed by atoms with van der Waals surface area (Å²) in [4.78, 5) is 4.05. The van der Waals surface area contributed by atoms with Crippen molar-refractivity contribution in [3.8, 4) is 0 Å². The fourth-order valence-electron chi connectivity index (χ4n) is 1.83. The largest absolute Gasteiger partial charge is 0.394 e. The lowest BCUT2D eigenvalue weighted by atomic mass is 9.98. The highest BCUT2D eigenvalue weighted by Crippen LogP contribution is 2.22. The first-order chi connectivity index (χ1) is 9.02. The van der Waals surface area contributed by atoms with Crippen LogP contribution in [0.4, 0.5) is 5.82 Å². The minimum Gasteiger partial charge on any atom is -0.394 e. The molecule has 1 aliphatic rings. The van der Waals surface area contributed by atoms with Crippen molar-refractivity contribution in [2.45, 2.75) is 30.6 Å². The van der Waals surface area contributed by atoms with Crippen LogP contribution in [-0.4, -0.2) is 62.7 Å². The summed E-state index contributed by atoms with van der Waals surface area (Å²) in [6.45, 7) is -0.461. The third kappa shape index (κ3) is 3.22. The van der Waals surface area contributed by atoms with Gasteiger partial charge in [0.2, 0.25) is 0 Å². The van der Waals surface area contributed by atoms with E-state index in [1.807, 2.05) is 0 Å². The average molecular weight is 335 g/mol. The Labute approximate surface area is 118 Å². The van der Waals surface area contributed by atoms with Gasteiger partial charge in [0.05, 0.1) is 6.61 Å². The van der Waals surface area contributed by atoms with E-state index in [0.29, 0.717) is 5.82 Å². The van der Waals surface area contributed by atoms with E-state index in [-0.39, 0.29) is 0 Å². The highest BCUT2D eigenvalue weighted by atomic mass is 79.9. The van der Waals surface area contributed by atoms with Crippen molar-refractivity contribution >= 4 is 21.7 Å². The Balaban J connectivity index is 2.08. The number of hydrogen-bond acceptors (Lipinski definition) is 7. The van der Waals surface area contributed by atoms with Gasteiger partial charge < -0.3 is 30.5 Å². The van der Waals surface area contributed by atoms with Crippen LogP contribution in [0.5, 0.6) is 0 Å². The number of nitrogens with one attached hydrogen (secondary N) is 1. The summed E-state index contributed by atoms with van der Waals surface area (Å²) in [7, 11) is 0. The van der Waals surface area contributed by atoms with Gasteiger partial charge in [-0.2, -0.15) is 0 Å². The van der Waals surface area contributed by atoms with Gasteiger partial charge in [-0.25, -0.2) is 4.98 Å². The fourth-order valence-corrected chi connectivity index (χ4v) is 2.06. The normalized spacial score (nSPS) is 35.1. The van der Waals surface area contributed by atoms with E-state index in [4.69, 9.17) is 9.84 Å². The third-order valence-electron chi connectivity index (χ3n) is 2.91. The zero-order valence-corrected chi connectivity index (χ0v) is 11.4. The second-order valence-electron chi connectivity index (χ2n) is 4.26. The highest BCUT2D eigenvalue weighted by Gasteiger charge is 2.43. The molecule has 5 atom stereocenters. The monoisotopic (exact) mass is 334 g/mol. The van der Waals surface area contributed by atoms with Crippen molar-refractivity contribution < 1.29 is 25.2 Å². The standard InChI is InChI=1S/C11H15BrN2O5/c12-5-1-2-7(13-3-5)14-11-10(18)9(17)8(16)6(4-15)19-11/h1-3,6,8-11,15-18H,4H2,(H,13,14)/t6-,8+,9+,10+,11-/m0/s1. The van der Waals surface area contributed by atoms with Gasteiger partial charge in [-0.1, -0.05) is 0 Å². The average Bonchev–Trinajstić information content (AvgIpc) is 2.42. The van der Waals surface area contributed by atoms with Crippen LogP contribution in [-0.2, 0) is 4.74 Å². The van der Waals surface area contributed by atoms with E-state index in [2.05, 4.69) is 26.2 Å². The van der Waals surface area contributed by atoms with Gasteiger partial charge in [0.25, 0.3) is 0 Å². The fraction of sp³-hybridized carbons (Fsp3) is 0.545. The maximum Gasteiger partial charge on any atom is 0.158 e. The van der Waals surface area contributed by atoms with Gasteiger partial charge in [-0.05, 0) is 28.1 Å². The van der Waals surface area contributed by atoms with Gasteiger partial charge >= 0.3 is 0 Å². The molecule has 2 rings (SSSR count). The summed E-state index contributed by atoms with van der Waals surface area (Å²) in [5.41, 5.74) is 0. The van der Waals surface area contributed by atoms with Crippen molar-refractivity contribution in [3.05, 3.63) is 22.8 Å². The van der Waals surface area contributed by atoms with Crippen LogP contribution < -0.4 is 5.32 Å². The van der Waals surface area contributed by atoms with Crippen LogP contribution >= 0.6 is 15.9 Å². The Kier molecular flexibility index (Phi) is 4.71. The number of aromatic nitrogens is 1. The molecular formula is C11H15BrN2O5. The number of ether oxygens (including phenoxy) is 1. The van der Waals surface area contributed by atoms with E-state index < -0.39 is 37.3 Å². The summed E-state index contributed by atoms with van der Waals surface area (Å²) in [6, 6.07) is 3.41. The molecule has 0 aliphatic carbocycles. The number of aliphatic hydroxyl groups is 4. The molecule has 1 aromatic heterocycles. The molecule has 0 radical (unpaired) electrons. The molecule has 0 aromatic carbocycles. The Morgan fingerprint density at radius 3 is 2.53 bits per heavy atom. The van der Waals surface area contributed by atoms with Crippen molar-refractivity contribution in [3.63, 3.8) is 0 Å². The number of halogens is 1. The van der Waals surface area contributed by atoms with Crippen molar-refractivity contribution in [2.24, 2.45) is 0 Å². The van der Waals surface area contributed by atoms with Crippen LogP contribution in [0.1, 0.15) is 0 Å². The zero-order valence-electron chi connectivity index (χ0n) is 9.85. The molecule has 1 aromatic rings.